The van der Waals surface area contributed by atoms with Gasteiger partial charge in [-0.15, -0.1) is 0 Å². The molecule has 0 aliphatic rings. The largest absolute Gasteiger partial charge is 0.759 e. The Morgan fingerprint density at radius 3 is 1.12 bits per heavy atom. The van der Waals surface area contributed by atoms with E-state index in [9.17, 15) is 19.8 Å². The lowest BCUT2D eigenvalue weighted by Gasteiger charge is -2.25. The fourth-order valence-electron chi connectivity index (χ4n) is 6.98. The first kappa shape index (κ1) is 53.6. The summed E-state index contributed by atoms with van der Waals surface area (Å²) in [7, 11) is 7.41. The van der Waals surface area contributed by atoms with Crippen LogP contribution in [-0.2, 0) is 30.8 Å². The monoisotopic (exact) mass is 944 g/mol. The molecule has 0 radical (unpaired) electrons. The predicted molar refractivity (Wildman–Crippen MR) is 256 cm³/mol. The van der Waals surface area contributed by atoms with Crippen LogP contribution in [0.25, 0.3) is 22.1 Å². The summed E-state index contributed by atoms with van der Waals surface area (Å²) in [4.78, 5) is 28.9. The fourth-order valence-corrected chi connectivity index (χ4v) is 6.98. The molecule has 4 N–H and O–H groups in total. The fraction of sp³-hybridized carbons (Fsp3) is 0.458. The van der Waals surface area contributed by atoms with E-state index in [-0.39, 0.29) is 59.1 Å². The summed E-state index contributed by atoms with van der Waals surface area (Å²) in [6.45, 7) is 15.2. The lowest BCUT2D eigenvalue weighted by atomic mass is 9.84. The Morgan fingerprint density at radius 1 is 0.582 bits per heavy atom. The van der Waals surface area contributed by atoms with Crippen LogP contribution in [0.5, 0.6) is 11.5 Å². The lowest BCUT2D eigenvalue weighted by molar-refractivity contribution is -0.869. The van der Waals surface area contributed by atoms with Gasteiger partial charge in [0.25, 0.3) is 0 Å². The first-order valence-corrected chi connectivity index (χ1v) is 23.3. The van der Waals surface area contributed by atoms with E-state index < -0.39 is 10.4 Å². The second-order valence-electron chi connectivity index (χ2n) is 20.6. The van der Waals surface area contributed by atoms with E-state index in [2.05, 4.69) is 115 Å². The molecule has 0 aliphatic carbocycles. The minimum Gasteiger partial charge on any atom is -0.759 e. The Hall–Kier alpha value is -5.99. The van der Waals surface area contributed by atoms with E-state index in [0.29, 0.717) is 13.1 Å². The van der Waals surface area contributed by atoms with Crippen molar-refractivity contribution in [1.29, 1.82) is 0 Å². The van der Waals surface area contributed by atoms with E-state index in [4.69, 9.17) is 17.5 Å². The zero-order chi connectivity index (χ0) is 50.1. The number of benzene rings is 4. The number of aromatic nitrogens is 6. The maximum atomic E-state index is 12.8. The first-order chi connectivity index (χ1) is 30.9. The molecular formula is C48H68N10O8S. The molecule has 0 spiro atoms. The van der Waals surface area contributed by atoms with Crippen LogP contribution in [-0.4, -0.2) is 147 Å². The summed E-state index contributed by atoms with van der Waals surface area (Å²) in [6, 6.07) is 25.6. The minimum absolute atomic E-state index is 0.0508. The highest BCUT2D eigenvalue weighted by Gasteiger charge is 2.27. The maximum absolute atomic E-state index is 12.8. The zero-order valence-electron chi connectivity index (χ0n) is 40.8. The highest BCUT2D eigenvalue weighted by Crippen LogP contribution is 2.36. The number of carbonyl (C=O) groups excluding carboxylic acids is 2. The van der Waals surface area contributed by atoms with E-state index in [1.807, 2.05) is 72.8 Å². The third-order valence-electron chi connectivity index (χ3n) is 10.6. The molecule has 0 saturated carbocycles. The van der Waals surface area contributed by atoms with Crippen molar-refractivity contribution in [1.82, 2.24) is 40.6 Å². The first-order valence-electron chi connectivity index (χ1n) is 22.0. The molecule has 0 saturated heterocycles. The van der Waals surface area contributed by atoms with Crippen LogP contribution in [0.3, 0.4) is 0 Å². The molecular weight excluding hydrogens is 877 g/mol. The van der Waals surface area contributed by atoms with Gasteiger partial charge in [-0.1, -0.05) is 77.9 Å². The SMILES string of the molecule is CC(C)(C)c1cc(C(CC(=O)NCC[N+](C)(C)C)n2nc3ccccc3n2)ccc1O.CC(C)(C)c1cc(C(CC(=O)NCC[N+](C)(C)C)n2nc3ccccc3n2)ccc1O.O=S(=O)([O-])[O-]. The summed E-state index contributed by atoms with van der Waals surface area (Å²) >= 11 is 0. The van der Waals surface area contributed by atoms with Crippen molar-refractivity contribution in [2.45, 2.75) is 77.3 Å². The van der Waals surface area contributed by atoms with Gasteiger partial charge in [-0.25, -0.2) is 0 Å². The molecule has 2 amide bonds. The summed E-state index contributed by atoms with van der Waals surface area (Å²) in [5, 5.41) is 45.4. The molecule has 6 aromatic rings. The van der Waals surface area contributed by atoms with E-state index >= 15 is 0 Å². The molecule has 18 nitrogen and oxygen atoms in total. The van der Waals surface area contributed by atoms with Gasteiger partial charge in [0.05, 0.1) is 81.3 Å². The molecule has 19 heteroatoms. The number of fused-ring (bicyclic) bond motifs is 2. The second kappa shape index (κ2) is 21.8. The maximum Gasteiger partial charge on any atom is 0.222 e. The number of phenols is 2. The Labute approximate surface area is 394 Å². The topological polar surface area (TPSA) is 240 Å². The molecule has 2 unspecified atom stereocenters. The summed E-state index contributed by atoms with van der Waals surface area (Å²) in [5.74, 6) is 0.400. The van der Waals surface area contributed by atoms with Crippen molar-refractivity contribution in [3.8, 4) is 11.5 Å². The third-order valence-corrected chi connectivity index (χ3v) is 10.6. The van der Waals surface area contributed by atoms with Crippen LogP contribution in [0, 0.1) is 0 Å². The van der Waals surface area contributed by atoms with E-state index in [1.54, 1.807) is 21.7 Å². The van der Waals surface area contributed by atoms with Gasteiger partial charge in [-0.05, 0) is 81.6 Å². The van der Waals surface area contributed by atoms with Gasteiger partial charge >= 0.3 is 0 Å². The van der Waals surface area contributed by atoms with Gasteiger partial charge in [-0.2, -0.15) is 30.0 Å². The number of likely N-dealkylation sites (N-methyl/N-ethyl adjacent to an activating group) is 2. The molecule has 0 aliphatic heterocycles. The summed E-state index contributed by atoms with van der Waals surface area (Å²) < 4.78 is 35.6. The molecule has 2 atom stereocenters. The van der Waals surface area contributed by atoms with Crippen LogP contribution in [0.15, 0.2) is 84.9 Å². The Morgan fingerprint density at radius 2 is 0.866 bits per heavy atom. The molecule has 2 aromatic heterocycles. The van der Waals surface area contributed by atoms with Crippen LogP contribution < -0.4 is 10.6 Å². The average molecular weight is 945 g/mol. The van der Waals surface area contributed by atoms with Crippen LogP contribution in [0.1, 0.15) is 88.7 Å². The van der Waals surface area contributed by atoms with Crippen LogP contribution in [0.2, 0.25) is 0 Å². The standard InChI is InChI=1S/2C24H33N5O2.H2O4S/c2*1-24(2,3)18-15-17(11-12-22(18)30)21(16-23(31)25-13-14-29(4,5)6)28-26-19-9-7-8-10-20(19)27-28;1-5(2,3)4/h2*7-12,15,21H,13-14,16H2,1-6H3,(H-,25,30,31);(H2,1,2,3,4). The third kappa shape index (κ3) is 17.3. The van der Waals surface area contributed by atoms with Crippen molar-refractivity contribution in [3.05, 3.63) is 107 Å². The number of amides is 2. The number of aromatic hydroxyl groups is 2. The summed E-state index contributed by atoms with van der Waals surface area (Å²) in [5.41, 5.74) is 6.12. The molecule has 2 heterocycles. The Kier molecular flexibility index (Phi) is 17.4. The number of hydrogen-bond donors (Lipinski definition) is 4. The molecule has 0 bridgehead atoms. The number of rotatable bonds is 14. The molecule has 4 aromatic carbocycles. The average Bonchev–Trinajstić information content (AvgIpc) is 3.82. The van der Waals surface area contributed by atoms with Gasteiger partial charge in [0.2, 0.25) is 11.8 Å². The van der Waals surface area contributed by atoms with E-state index in [1.165, 1.54) is 0 Å². The number of nitrogens with zero attached hydrogens (tertiary/aromatic N) is 8. The van der Waals surface area contributed by atoms with Crippen molar-refractivity contribution >= 4 is 44.3 Å². The van der Waals surface area contributed by atoms with Gasteiger partial charge in [-0.3, -0.25) is 18.0 Å². The quantitative estimate of drug-likeness (QED) is 0.0631. The van der Waals surface area contributed by atoms with Crippen molar-refractivity contribution in [2.75, 3.05) is 68.5 Å². The van der Waals surface area contributed by atoms with Crippen molar-refractivity contribution in [2.24, 2.45) is 0 Å². The highest BCUT2D eigenvalue weighted by molar-refractivity contribution is 7.79. The molecule has 0 fully saturated rings. The number of quaternary nitrogens is 2. The highest BCUT2D eigenvalue weighted by atomic mass is 32.3. The van der Waals surface area contributed by atoms with Gasteiger partial charge in [0.15, 0.2) is 0 Å². The van der Waals surface area contributed by atoms with E-state index in [0.717, 1.165) is 66.4 Å². The number of hydrogen-bond acceptors (Lipinski definition) is 12. The van der Waals surface area contributed by atoms with Crippen molar-refractivity contribution in [3.63, 3.8) is 0 Å². The minimum atomic E-state index is -5.17. The lowest BCUT2D eigenvalue weighted by Crippen LogP contribution is -2.42. The molecule has 364 valence electrons. The second-order valence-corrected chi connectivity index (χ2v) is 21.5. The normalized spacial score (nSPS) is 13.2. The Bertz CT molecular complexity index is 2480. The van der Waals surface area contributed by atoms with Gasteiger partial charge in [0, 0.05) is 10.4 Å². The van der Waals surface area contributed by atoms with Gasteiger partial charge in [0.1, 0.15) is 45.6 Å². The zero-order valence-corrected chi connectivity index (χ0v) is 41.6. The molecule has 6 rings (SSSR count). The van der Waals surface area contributed by atoms with Crippen LogP contribution in [0.4, 0.5) is 0 Å². The Balaban J connectivity index is 0.000000266. The van der Waals surface area contributed by atoms with Crippen LogP contribution >= 0.6 is 0 Å². The number of nitrogens with one attached hydrogen (secondary N) is 2. The number of phenolic OH excluding ortho intramolecular Hbond substituents is 2. The smallest absolute Gasteiger partial charge is 0.222 e. The number of carbonyl (C=O) groups is 2. The summed E-state index contributed by atoms with van der Waals surface area (Å²) in [6.07, 6.45) is 0.430. The van der Waals surface area contributed by atoms with Gasteiger partial charge < -0.3 is 38.9 Å². The van der Waals surface area contributed by atoms with Crippen molar-refractivity contribution < 1.29 is 46.3 Å². The molecule has 67 heavy (non-hydrogen) atoms. The predicted octanol–water partition coefficient (Wildman–Crippen LogP) is 5.13.